The zero-order chi connectivity index (χ0) is 11.5. The van der Waals surface area contributed by atoms with Crippen LogP contribution in [0, 0.1) is 6.92 Å². The first-order valence-electron chi connectivity index (χ1n) is 4.70. The van der Waals surface area contributed by atoms with Crippen molar-refractivity contribution in [2.24, 2.45) is 0 Å². The second kappa shape index (κ2) is 4.76. The molecule has 0 bridgehead atoms. The van der Waals surface area contributed by atoms with Gasteiger partial charge in [0.2, 0.25) is 5.78 Å². The lowest BCUT2D eigenvalue weighted by molar-refractivity contribution is 0.103. The number of nitrogens with zero attached hydrogens (tertiary/aromatic N) is 2. The SMILES string of the molecule is CSc1snnc1C(=O)c1ccc(C)cc1. The molecule has 0 unspecified atom stereocenters. The second-order valence-corrected chi connectivity index (χ2v) is 5.14. The number of hydrogen-bond acceptors (Lipinski definition) is 5. The molecule has 0 saturated heterocycles. The molecule has 0 aliphatic rings. The molecule has 16 heavy (non-hydrogen) atoms. The molecular weight excluding hydrogens is 240 g/mol. The van der Waals surface area contributed by atoms with Gasteiger partial charge in [-0.1, -0.05) is 34.3 Å². The zero-order valence-corrected chi connectivity index (χ0v) is 10.6. The molecule has 1 heterocycles. The van der Waals surface area contributed by atoms with Gasteiger partial charge in [-0.05, 0) is 24.7 Å². The maximum Gasteiger partial charge on any atom is 0.215 e. The highest BCUT2D eigenvalue weighted by atomic mass is 32.2. The van der Waals surface area contributed by atoms with Crippen LogP contribution in [0.1, 0.15) is 21.6 Å². The fraction of sp³-hybridized carbons (Fsp3) is 0.182. The smallest absolute Gasteiger partial charge is 0.215 e. The average molecular weight is 250 g/mol. The van der Waals surface area contributed by atoms with E-state index >= 15 is 0 Å². The van der Waals surface area contributed by atoms with Crippen molar-refractivity contribution < 1.29 is 4.79 Å². The maximum atomic E-state index is 12.1. The molecule has 2 rings (SSSR count). The van der Waals surface area contributed by atoms with Gasteiger partial charge in [0.1, 0.15) is 4.21 Å². The monoisotopic (exact) mass is 250 g/mol. The summed E-state index contributed by atoms with van der Waals surface area (Å²) in [4.78, 5) is 12.1. The minimum Gasteiger partial charge on any atom is -0.287 e. The second-order valence-electron chi connectivity index (χ2n) is 3.31. The average Bonchev–Trinajstić information content (AvgIpc) is 2.77. The fourth-order valence-corrected chi connectivity index (χ4v) is 2.44. The number of hydrogen-bond donors (Lipinski definition) is 0. The molecule has 2 aromatic rings. The van der Waals surface area contributed by atoms with E-state index in [2.05, 4.69) is 9.59 Å². The van der Waals surface area contributed by atoms with Crippen LogP contribution in [0.3, 0.4) is 0 Å². The number of carbonyl (C=O) groups excluding carboxylic acids is 1. The highest BCUT2D eigenvalue weighted by molar-refractivity contribution is 8.00. The molecule has 0 aliphatic heterocycles. The minimum absolute atomic E-state index is 0.0573. The van der Waals surface area contributed by atoms with Gasteiger partial charge in [0.05, 0.1) is 0 Å². The van der Waals surface area contributed by atoms with Gasteiger partial charge in [-0.25, -0.2) is 0 Å². The largest absolute Gasteiger partial charge is 0.287 e. The van der Waals surface area contributed by atoms with Crippen molar-refractivity contribution in [1.82, 2.24) is 9.59 Å². The van der Waals surface area contributed by atoms with E-state index in [9.17, 15) is 4.79 Å². The van der Waals surface area contributed by atoms with E-state index in [-0.39, 0.29) is 5.78 Å². The Morgan fingerprint density at radius 1 is 1.31 bits per heavy atom. The third-order valence-corrected chi connectivity index (χ3v) is 3.98. The topological polar surface area (TPSA) is 42.9 Å². The summed E-state index contributed by atoms with van der Waals surface area (Å²) < 4.78 is 4.67. The van der Waals surface area contributed by atoms with Crippen LogP contribution in [0.5, 0.6) is 0 Å². The molecule has 0 atom stereocenters. The highest BCUT2D eigenvalue weighted by Gasteiger charge is 2.17. The van der Waals surface area contributed by atoms with E-state index in [1.807, 2.05) is 37.4 Å². The summed E-state index contributed by atoms with van der Waals surface area (Å²) in [5, 5.41) is 3.88. The van der Waals surface area contributed by atoms with Crippen LogP contribution in [-0.4, -0.2) is 21.6 Å². The van der Waals surface area contributed by atoms with Crippen LogP contribution in [-0.2, 0) is 0 Å². The Morgan fingerprint density at radius 2 is 2.00 bits per heavy atom. The first-order chi connectivity index (χ1) is 7.72. The molecule has 0 fully saturated rings. The fourth-order valence-electron chi connectivity index (χ4n) is 1.30. The van der Waals surface area contributed by atoms with Crippen molar-refractivity contribution in [3.05, 3.63) is 41.1 Å². The van der Waals surface area contributed by atoms with E-state index in [0.717, 1.165) is 9.77 Å². The summed E-state index contributed by atoms with van der Waals surface area (Å²) in [6.45, 7) is 1.99. The number of rotatable bonds is 3. The molecule has 1 aromatic carbocycles. The van der Waals surface area contributed by atoms with Crippen molar-refractivity contribution in [3.8, 4) is 0 Å². The normalized spacial score (nSPS) is 10.4. The molecular formula is C11H10N2OS2. The summed E-state index contributed by atoms with van der Waals surface area (Å²) in [7, 11) is 0. The molecule has 0 N–H and O–H groups in total. The standard InChI is InChI=1S/C11H10N2OS2/c1-7-3-5-8(6-4-7)10(14)9-11(15-2)16-13-12-9/h3-6H,1-2H3. The first-order valence-corrected chi connectivity index (χ1v) is 6.70. The minimum atomic E-state index is -0.0573. The highest BCUT2D eigenvalue weighted by Crippen LogP contribution is 2.24. The van der Waals surface area contributed by atoms with Crippen molar-refractivity contribution in [2.75, 3.05) is 6.26 Å². The Balaban J connectivity index is 2.35. The van der Waals surface area contributed by atoms with Gasteiger partial charge in [-0.15, -0.1) is 16.9 Å². The van der Waals surface area contributed by atoms with E-state index in [1.165, 1.54) is 23.3 Å². The van der Waals surface area contributed by atoms with E-state index in [4.69, 9.17) is 0 Å². The molecule has 0 radical (unpaired) electrons. The summed E-state index contributed by atoms with van der Waals surface area (Å²) >= 11 is 2.76. The number of aromatic nitrogens is 2. The zero-order valence-electron chi connectivity index (χ0n) is 8.93. The number of benzene rings is 1. The Bertz CT molecular complexity index is 505. The Hall–Kier alpha value is -1.20. The van der Waals surface area contributed by atoms with Crippen LogP contribution in [0.15, 0.2) is 28.5 Å². The van der Waals surface area contributed by atoms with E-state index in [1.54, 1.807) is 0 Å². The number of thioether (sulfide) groups is 1. The molecule has 3 nitrogen and oxygen atoms in total. The summed E-state index contributed by atoms with van der Waals surface area (Å²) in [5.41, 5.74) is 2.26. The van der Waals surface area contributed by atoms with Gasteiger partial charge >= 0.3 is 0 Å². The van der Waals surface area contributed by atoms with E-state index in [0.29, 0.717) is 11.3 Å². The van der Waals surface area contributed by atoms with Crippen LogP contribution in [0.4, 0.5) is 0 Å². The molecule has 0 aliphatic carbocycles. The Labute approximate surface area is 102 Å². The maximum absolute atomic E-state index is 12.1. The predicted molar refractivity (Wildman–Crippen MR) is 66.3 cm³/mol. The molecule has 82 valence electrons. The lowest BCUT2D eigenvalue weighted by atomic mass is 10.1. The van der Waals surface area contributed by atoms with Crippen LogP contribution >= 0.6 is 23.3 Å². The molecule has 0 spiro atoms. The quantitative estimate of drug-likeness (QED) is 0.620. The van der Waals surface area contributed by atoms with Crippen molar-refractivity contribution >= 4 is 29.1 Å². The first kappa shape index (κ1) is 11.3. The van der Waals surface area contributed by atoms with Gasteiger partial charge < -0.3 is 0 Å². The van der Waals surface area contributed by atoms with Crippen LogP contribution < -0.4 is 0 Å². The van der Waals surface area contributed by atoms with Gasteiger partial charge in [0.25, 0.3) is 0 Å². The van der Waals surface area contributed by atoms with Gasteiger partial charge in [0, 0.05) is 5.56 Å². The Kier molecular flexibility index (Phi) is 3.36. The number of aryl methyl sites for hydroxylation is 1. The summed E-state index contributed by atoms with van der Waals surface area (Å²) in [6, 6.07) is 7.49. The molecule has 0 saturated carbocycles. The van der Waals surface area contributed by atoms with Crippen LogP contribution in [0.2, 0.25) is 0 Å². The Morgan fingerprint density at radius 3 is 2.62 bits per heavy atom. The lowest BCUT2D eigenvalue weighted by Gasteiger charge is -1.99. The van der Waals surface area contributed by atoms with Gasteiger partial charge in [0.15, 0.2) is 5.69 Å². The third-order valence-electron chi connectivity index (χ3n) is 2.17. The lowest BCUT2D eigenvalue weighted by Crippen LogP contribution is -2.03. The summed E-state index contributed by atoms with van der Waals surface area (Å²) in [5.74, 6) is -0.0573. The van der Waals surface area contributed by atoms with Crippen LogP contribution in [0.25, 0.3) is 0 Å². The molecule has 1 aromatic heterocycles. The molecule has 0 amide bonds. The molecule has 5 heteroatoms. The van der Waals surface area contributed by atoms with Gasteiger partial charge in [-0.2, -0.15) is 0 Å². The van der Waals surface area contributed by atoms with Crippen molar-refractivity contribution in [3.63, 3.8) is 0 Å². The predicted octanol–water partition coefficient (Wildman–Crippen LogP) is 2.80. The van der Waals surface area contributed by atoms with E-state index < -0.39 is 0 Å². The van der Waals surface area contributed by atoms with Crippen molar-refractivity contribution in [2.45, 2.75) is 11.1 Å². The third kappa shape index (κ3) is 2.15. The number of carbonyl (C=O) groups is 1. The van der Waals surface area contributed by atoms with Crippen molar-refractivity contribution in [1.29, 1.82) is 0 Å². The summed E-state index contributed by atoms with van der Waals surface area (Å²) in [6.07, 6.45) is 1.92. The number of ketones is 1. The van der Waals surface area contributed by atoms with Gasteiger partial charge in [-0.3, -0.25) is 4.79 Å².